The van der Waals surface area contributed by atoms with E-state index in [2.05, 4.69) is 16.2 Å². The predicted octanol–water partition coefficient (Wildman–Crippen LogP) is 4.13. The number of methoxy groups -OCH3 is 2. The molecular formula is C20H17N3O3. The van der Waals surface area contributed by atoms with E-state index in [1.807, 2.05) is 37.3 Å². The first kappa shape index (κ1) is 17.2. The molecule has 0 radical (unpaired) electrons. The van der Waals surface area contributed by atoms with Crippen molar-refractivity contribution >= 4 is 11.6 Å². The molecule has 0 amide bonds. The Morgan fingerprint density at radius 1 is 1.08 bits per heavy atom. The van der Waals surface area contributed by atoms with Crippen molar-refractivity contribution in [2.75, 3.05) is 14.2 Å². The molecule has 0 fully saturated rings. The smallest absolute Gasteiger partial charge is 0.268 e. The molecule has 3 rings (SSSR count). The number of hydrogen-bond donors (Lipinski definition) is 0. The van der Waals surface area contributed by atoms with Gasteiger partial charge in [-0.15, -0.1) is 0 Å². The third kappa shape index (κ3) is 3.57. The molecule has 0 bridgehead atoms. The maximum atomic E-state index is 9.48. The third-order valence-corrected chi connectivity index (χ3v) is 3.81. The molecule has 6 nitrogen and oxygen atoms in total. The minimum absolute atomic E-state index is 0.165. The van der Waals surface area contributed by atoms with Crippen LogP contribution in [-0.4, -0.2) is 24.4 Å². The van der Waals surface area contributed by atoms with Crippen molar-refractivity contribution in [2.45, 2.75) is 6.92 Å². The monoisotopic (exact) mass is 347 g/mol. The van der Waals surface area contributed by atoms with Crippen LogP contribution in [0.1, 0.15) is 17.0 Å². The van der Waals surface area contributed by atoms with Gasteiger partial charge in [-0.25, -0.2) is 0 Å². The Morgan fingerprint density at radius 2 is 1.81 bits per heavy atom. The van der Waals surface area contributed by atoms with Gasteiger partial charge in [0.15, 0.2) is 11.5 Å². The molecular weight excluding hydrogens is 330 g/mol. The number of nitrogens with zero attached hydrogens (tertiary/aromatic N) is 3. The fraction of sp³-hybridized carbons (Fsp3) is 0.150. The quantitative estimate of drug-likeness (QED) is 0.646. The molecule has 0 atom stereocenters. The van der Waals surface area contributed by atoms with Crippen molar-refractivity contribution in [2.24, 2.45) is 0 Å². The number of aryl methyl sites for hydroxylation is 1. The summed E-state index contributed by atoms with van der Waals surface area (Å²) in [6, 6.07) is 15.2. The van der Waals surface area contributed by atoms with Crippen LogP contribution in [-0.2, 0) is 0 Å². The molecule has 0 saturated carbocycles. The molecule has 130 valence electrons. The lowest BCUT2D eigenvalue weighted by Crippen LogP contribution is -1.91. The lowest BCUT2D eigenvalue weighted by Gasteiger charge is -2.07. The van der Waals surface area contributed by atoms with Crippen LogP contribution in [0, 0.1) is 18.3 Å². The summed E-state index contributed by atoms with van der Waals surface area (Å²) >= 11 is 0. The average molecular weight is 347 g/mol. The summed E-state index contributed by atoms with van der Waals surface area (Å²) in [5.41, 5.74) is 3.00. The molecule has 1 aromatic heterocycles. The van der Waals surface area contributed by atoms with Crippen LogP contribution in [0.4, 0.5) is 0 Å². The molecule has 2 aromatic carbocycles. The molecule has 1 heterocycles. The van der Waals surface area contributed by atoms with Crippen LogP contribution in [0.2, 0.25) is 0 Å². The maximum absolute atomic E-state index is 9.48. The van der Waals surface area contributed by atoms with Gasteiger partial charge in [0.2, 0.25) is 5.82 Å². The second kappa shape index (κ2) is 7.53. The van der Waals surface area contributed by atoms with E-state index in [-0.39, 0.29) is 11.5 Å². The van der Waals surface area contributed by atoms with E-state index in [1.54, 1.807) is 32.4 Å². The summed E-state index contributed by atoms with van der Waals surface area (Å²) in [5, 5.41) is 13.4. The van der Waals surface area contributed by atoms with Crippen molar-refractivity contribution in [3.05, 3.63) is 59.5 Å². The van der Waals surface area contributed by atoms with Gasteiger partial charge >= 0.3 is 0 Å². The fourth-order valence-electron chi connectivity index (χ4n) is 2.40. The van der Waals surface area contributed by atoms with E-state index < -0.39 is 0 Å². The highest BCUT2D eigenvalue weighted by Crippen LogP contribution is 2.29. The number of allylic oxidation sites excluding steroid dienone is 1. The Hall–Kier alpha value is -3.59. The van der Waals surface area contributed by atoms with Crippen molar-refractivity contribution in [3.63, 3.8) is 0 Å². The van der Waals surface area contributed by atoms with Crippen LogP contribution in [0.3, 0.4) is 0 Å². The van der Waals surface area contributed by atoms with Crippen LogP contribution < -0.4 is 9.47 Å². The third-order valence-electron chi connectivity index (χ3n) is 3.81. The van der Waals surface area contributed by atoms with Gasteiger partial charge in [0.25, 0.3) is 5.89 Å². The van der Waals surface area contributed by atoms with Crippen LogP contribution >= 0.6 is 0 Å². The van der Waals surface area contributed by atoms with Gasteiger partial charge in [-0.3, -0.25) is 0 Å². The Bertz CT molecular complexity index is 982. The van der Waals surface area contributed by atoms with Gasteiger partial charge in [-0.05, 0) is 30.7 Å². The highest BCUT2D eigenvalue weighted by atomic mass is 16.5. The van der Waals surface area contributed by atoms with E-state index in [0.29, 0.717) is 17.3 Å². The minimum Gasteiger partial charge on any atom is -0.493 e. The van der Waals surface area contributed by atoms with E-state index in [4.69, 9.17) is 14.0 Å². The average Bonchev–Trinajstić information content (AvgIpc) is 3.16. The molecule has 3 aromatic rings. The van der Waals surface area contributed by atoms with Gasteiger partial charge in [-0.2, -0.15) is 10.2 Å². The Labute approximate surface area is 151 Å². The number of nitriles is 1. The van der Waals surface area contributed by atoms with Crippen molar-refractivity contribution in [1.82, 2.24) is 10.1 Å². The van der Waals surface area contributed by atoms with E-state index >= 15 is 0 Å². The fourth-order valence-corrected chi connectivity index (χ4v) is 2.40. The normalized spacial score (nSPS) is 11.1. The van der Waals surface area contributed by atoms with Crippen molar-refractivity contribution < 1.29 is 14.0 Å². The second-order valence-corrected chi connectivity index (χ2v) is 5.57. The summed E-state index contributed by atoms with van der Waals surface area (Å²) in [7, 11) is 3.13. The zero-order valence-electron chi connectivity index (χ0n) is 14.7. The first-order valence-electron chi connectivity index (χ1n) is 7.89. The number of hydrogen-bond acceptors (Lipinski definition) is 6. The van der Waals surface area contributed by atoms with Gasteiger partial charge in [0, 0.05) is 5.56 Å². The van der Waals surface area contributed by atoms with Crippen LogP contribution in [0.5, 0.6) is 11.5 Å². The SMILES string of the molecule is COc1ccc(/C=C(/C#N)c2nc(-c3ccc(C)cc3)no2)cc1OC. The van der Waals surface area contributed by atoms with E-state index in [0.717, 1.165) is 16.7 Å². The Kier molecular flexibility index (Phi) is 4.99. The van der Waals surface area contributed by atoms with Gasteiger partial charge in [0.05, 0.1) is 14.2 Å². The summed E-state index contributed by atoms with van der Waals surface area (Å²) in [5.74, 6) is 1.79. The highest BCUT2D eigenvalue weighted by molar-refractivity contribution is 5.87. The van der Waals surface area contributed by atoms with Crippen molar-refractivity contribution in [1.29, 1.82) is 5.26 Å². The summed E-state index contributed by atoms with van der Waals surface area (Å²) < 4.78 is 15.8. The molecule has 26 heavy (non-hydrogen) atoms. The Morgan fingerprint density at radius 3 is 2.46 bits per heavy atom. The molecule has 6 heteroatoms. The lowest BCUT2D eigenvalue weighted by atomic mass is 10.1. The van der Waals surface area contributed by atoms with E-state index in [1.165, 1.54) is 0 Å². The number of aromatic nitrogens is 2. The molecule has 0 saturated heterocycles. The zero-order valence-corrected chi connectivity index (χ0v) is 14.7. The zero-order chi connectivity index (χ0) is 18.5. The minimum atomic E-state index is 0.165. The standard InChI is InChI=1S/C20H17N3O3/c1-13-4-7-15(8-5-13)19-22-20(26-23-19)16(12-21)10-14-6-9-17(24-2)18(11-14)25-3/h4-11H,1-3H3/b16-10-. The molecule has 0 aliphatic carbocycles. The predicted molar refractivity (Wildman–Crippen MR) is 97.5 cm³/mol. The first-order chi connectivity index (χ1) is 12.6. The van der Waals surface area contributed by atoms with Gasteiger partial charge < -0.3 is 14.0 Å². The molecule has 0 spiro atoms. The number of ether oxygens (including phenoxy) is 2. The first-order valence-corrected chi connectivity index (χ1v) is 7.89. The lowest BCUT2D eigenvalue weighted by molar-refractivity contribution is 0.355. The van der Waals surface area contributed by atoms with Crippen molar-refractivity contribution in [3.8, 4) is 29.0 Å². The molecule has 0 aliphatic rings. The molecule has 0 aliphatic heterocycles. The van der Waals surface area contributed by atoms with Gasteiger partial charge in [0.1, 0.15) is 11.6 Å². The summed E-state index contributed by atoms with van der Waals surface area (Å²) in [6.45, 7) is 2.01. The number of benzene rings is 2. The summed E-state index contributed by atoms with van der Waals surface area (Å²) in [6.07, 6.45) is 1.66. The number of rotatable bonds is 5. The van der Waals surface area contributed by atoms with Crippen LogP contribution in [0.25, 0.3) is 23.0 Å². The Balaban J connectivity index is 1.93. The maximum Gasteiger partial charge on any atom is 0.268 e. The van der Waals surface area contributed by atoms with Crippen LogP contribution in [0.15, 0.2) is 47.0 Å². The second-order valence-electron chi connectivity index (χ2n) is 5.57. The summed E-state index contributed by atoms with van der Waals surface area (Å²) in [4.78, 5) is 4.33. The highest BCUT2D eigenvalue weighted by Gasteiger charge is 2.13. The van der Waals surface area contributed by atoms with Gasteiger partial charge in [-0.1, -0.05) is 41.1 Å². The largest absolute Gasteiger partial charge is 0.493 e. The topological polar surface area (TPSA) is 81.2 Å². The molecule has 0 unspecified atom stereocenters. The molecule has 0 N–H and O–H groups in total. The van der Waals surface area contributed by atoms with E-state index in [9.17, 15) is 5.26 Å².